The van der Waals surface area contributed by atoms with Crippen molar-refractivity contribution in [1.82, 2.24) is 9.55 Å². The van der Waals surface area contributed by atoms with Gasteiger partial charge in [0.2, 0.25) is 0 Å². The van der Waals surface area contributed by atoms with Gasteiger partial charge in [-0.2, -0.15) is 0 Å². The molecule has 3 aromatic carbocycles. The molecule has 0 atom stereocenters. The molecule has 0 aliphatic carbocycles. The zero-order valence-electron chi connectivity index (χ0n) is 14.4. The van der Waals surface area contributed by atoms with Gasteiger partial charge in [-0.3, -0.25) is 0 Å². The van der Waals surface area contributed by atoms with Gasteiger partial charge in [0.25, 0.3) is 0 Å². The Balaban J connectivity index is 1.54. The van der Waals surface area contributed by atoms with Crippen LogP contribution >= 0.6 is 0 Å². The molecule has 0 bridgehead atoms. The van der Waals surface area contributed by atoms with Crippen LogP contribution in [-0.4, -0.2) is 9.55 Å². The van der Waals surface area contributed by atoms with E-state index >= 15 is 0 Å². The third-order valence-electron chi connectivity index (χ3n) is 4.37. The number of hydrogen-bond donors (Lipinski definition) is 0. The van der Waals surface area contributed by atoms with Crippen LogP contribution in [-0.2, 0) is 6.54 Å². The zero-order chi connectivity index (χ0) is 17.2. The summed E-state index contributed by atoms with van der Waals surface area (Å²) in [7, 11) is 0. The molecule has 0 spiro atoms. The molecule has 0 fully saturated rings. The summed E-state index contributed by atoms with van der Waals surface area (Å²) in [6.45, 7) is 4.92. The minimum Gasteiger partial charge on any atom is -0.457 e. The van der Waals surface area contributed by atoms with Crippen molar-refractivity contribution in [3.63, 3.8) is 0 Å². The van der Waals surface area contributed by atoms with Crippen molar-refractivity contribution in [2.24, 2.45) is 0 Å². The van der Waals surface area contributed by atoms with Gasteiger partial charge in [-0.1, -0.05) is 42.0 Å². The van der Waals surface area contributed by atoms with Crippen molar-refractivity contribution in [2.45, 2.75) is 20.4 Å². The number of fused-ring (bicyclic) bond motifs is 1. The number of rotatable bonds is 4. The first-order valence-corrected chi connectivity index (χ1v) is 8.44. The lowest BCUT2D eigenvalue weighted by molar-refractivity contribution is 0.482. The van der Waals surface area contributed by atoms with E-state index in [-0.39, 0.29) is 0 Å². The molecule has 3 nitrogen and oxygen atoms in total. The van der Waals surface area contributed by atoms with Gasteiger partial charge < -0.3 is 9.30 Å². The predicted octanol–water partition coefficient (Wildman–Crippen LogP) is 5.49. The number of hydrogen-bond acceptors (Lipinski definition) is 2. The summed E-state index contributed by atoms with van der Waals surface area (Å²) < 4.78 is 8.14. The lowest BCUT2D eigenvalue weighted by Gasteiger charge is -2.09. The van der Waals surface area contributed by atoms with Crippen LogP contribution in [0.3, 0.4) is 0 Å². The van der Waals surface area contributed by atoms with Crippen LogP contribution in [0.15, 0.2) is 72.8 Å². The number of aryl methyl sites for hydroxylation is 2. The normalized spacial score (nSPS) is 11.0. The van der Waals surface area contributed by atoms with Gasteiger partial charge in [0.15, 0.2) is 0 Å². The van der Waals surface area contributed by atoms with E-state index in [1.165, 1.54) is 16.6 Å². The molecule has 1 heterocycles. The molecule has 0 saturated heterocycles. The average molecular weight is 328 g/mol. The minimum absolute atomic E-state index is 0.803. The summed E-state index contributed by atoms with van der Waals surface area (Å²) in [5, 5.41) is 0. The second kappa shape index (κ2) is 6.44. The molecule has 0 saturated carbocycles. The van der Waals surface area contributed by atoms with Crippen molar-refractivity contribution in [1.29, 1.82) is 0 Å². The van der Waals surface area contributed by atoms with Crippen LogP contribution in [0.4, 0.5) is 0 Å². The fraction of sp³-hybridized carbons (Fsp3) is 0.136. The van der Waals surface area contributed by atoms with Crippen LogP contribution in [0.5, 0.6) is 11.5 Å². The highest BCUT2D eigenvalue weighted by Crippen LogP contribution is 2.23. The molecular formula is C22H20N2O. The zero-order valence-corrected chi connectivity index (χ0v) is 14.4. The highest BCUT2D eigenvalue weighted by atomic mass is 16.5. The topological polar surface area (TPSA) is 27.1 Å². The molecular weight excluding hydrogens is 308 g/mol. The van der Waals surface area contributed by atoms with E-state index in [0.717, 1.165) is 29.4 Å². The van der Waals surface area contributed by atoms with Gasteiger partial charge in [-0.25, -0.2) is 4.98 Å². The van der Waals surface area contributed by atoms with E-state index < -0.39 is 0 Å². The Bertz CT molecular complexity index is 999. The first-order chi connectivity index (χ1) is 12.2. The Labute approximate surface area is 147 Å². The van der Waals surface area contributed by atoms with Gasteiger partial charge in [0.1, 0.15) is 17.3 Å². The van der Waals surface area contributed by atoms with Crippen molar-refractivity contribution < 1.29 is 4.74 Å². The molecule has 4 rings (SSSR count). The second-order valence-corrected chi connectivity index (χ2v) is 6.29. The first kappa shape index (κ1) is 15.5. The third kappa shape index (κ3) is 3.26. The number of benzene rings is 3. The number of nitrogens with zero attached hydrogens (tertiary/aromatic N) is 2. The molecule has 0 radical (unpaired) electrons. The van der Waals surface area contributed by atoms with E-state index in [1.54, 1.807) is 0 Å². The van der Waals surface area contributed by atoms with Crippen molar-refractivity contribution in [2.75, 3.05) is 0 Å². The number of aromatic nitrogens is 2. The smallest absolute Gasteiger partial charge is 0.127 e. The van der Waals surface area contributed by atoms with Crippen LogP contribution < -0.4 is 4.74 Å². The van der Waals surface area contributed by atoms with Crippen molar-refractivity contribution >= 4 is 11.0 Å². The molecule has 0 N–H and O–H groups in total. The number of imidazole rings is 1. The Morgan fingerprint density at radius 2 is 1.44 bits per heavy atom. The highest BCUT2D eigenvalue weighted by molar-refractivity contribution is 5.75. The van der Waals surface area contributed by atoms with Gasteiger partial charge in [-0.15, -0.1) is 0 Å². The lowest BCUT2D eigenvalue weighted by Crippen LogP contribution is -2.01. The maximum Gasteiger partial charge on any atom is 0.127 e. The monoisotopic (exact) mass is 328 g/mol. The summed E-state index contributed by atoms with van der Waals surface area (Å²) in [5.41, 5.74) is 4.66. The van der Waals surface area contributed by atoms with E-state index in [9.17, 15) is 0 Å². The molecule has 0 aliphatic heterocycles. The van der Waals surface area contributed by atoms with Crippen LogP contribution in [0.2, 0.25) is 0 Å². The van der Waals surface area contributed by atoms with E-state index in [2.05, 4.69) is 65.9 Å². The summed E-state index contributed by atoms with van der Waals surface area (Å²) in [6.07, 6.45) is 0. The molecule has 25 heavy (non-hydrogen) atoms. The Hall–Kier alpha value is -3.07. The molecule has 0 aliphatic rings. The molecule has 124 valence electrons. The number of ether oxygens (including phenoxy) is 1. The molecule has 3 heteroatoms. The molecule has 0 amide bonds. The number of para-hydroxylation sites is 2. The van der Waals surface area contributed by atoms with Crippen LogP contribution in [0.25, 0.3) is 11.0 Å². The summed E-state index contributed by atoms with van der Waals surface area (Å²) in [5.74, 6) is 2.73. The maximum absolute atomic E-state index is 5.90. The SMILES string of the molecule is Cc1ccc(Oc2ccc(Cn3c(C)nc4ccccc43)cc2)cc1. The summed E-state index contributed by atoms with van der Waals surface area (Å²) in [4.78, 5) is 4.63. The maximum atomic E-state index is 5.90. The first-order valence-electron chi connectivity index (χ1n) is 8.44. The Morgan fingerprint density at radius 1 is 0.800 bits per heavy atom. The minimum atomic E-state index is 0.803. The van der Waals surface area contributed by atoms with Crippen molar-refractivity contribution in [3.05, 3.63) is 89.7 Å². The fourth-order valence-corrected chi connectivity index (χ4v) is 2.98. The molecule has 4 aromatic rings. The second-order valence-electron chi connectivity index (χ2n) is 6.29. The van der Waals surface area contributed by atoms with Crippen LogP contribution in [0, 0.1) is 13.8 Å². The quantitative estimate of drug-likeness (QED) is 0.495. The van der Waals surface area contributed by atoms with Gasteiger partial charge >= 0.3 is 0 Å². The van der Waals surface area contributed by atoms with E-state index in [0.29, 0.717) is 0 Å². The average Bonchev–Trinajstić information content (AvgIpc) is 2.94. The van der Waals surface area contributed by atoms with Crippen molar-refractivity contribution in [3.8, 4) is 11.5 Å². The van der Waals surface area contributed by atoms with E-state index in [4.69, 9.17) is 4.74 Å². The predicted molar refractivity (Wildman–Crippen MR) is 101 cm³/mol. The third-order valence-corrected chi connectivity index (χ3v) is 4.37. The summed E-state index contributed by atoms with van der Waals surface area (Å²) in [6, 6.07) is 24.6. The van der Waals surface area contributed by atoms with Crippen LogP contribution in [0.1, 0.15) is 17.0 Å². The van der Waals surface area contributed by atoms with Gasteiger partial charge in [0, 0.05) is 6.54 Å². The van der Waals surface area contributed by atoms with E-state index in [1.807, 2.05) is 30.3 Å². The Kier molecular flexibility index (Phi) is 3.98. The van der Waals surface area contributed by atoms with Gasteiger partial charge in [-0.05, 0) is 55.8 Å². The lowest BCUT2D eigenvalue weighted by atomic mass is 10.2. The highest BCUT2D eigenvalue weighted by Gasteiger charge is 2.07. The largest absolute Gasteiger partial charge is 0.457 e. The fourth-order valence-electron chi connectivity index (χ4n) is 2.98. The van der Waals surface area contributed by atoms with Gasteiger partial charge in [0.05, 0.1) is 11.0 Å². The summed E-state index contributed by atoms with van der Waals surface area (Å²) >= 11 is 0. The molecule has 0 unspecified atom stereocenters. The molecule has 1 aromatic heterocycles. The Morgan fingerprint density at radius 3 is 2.16 bits per heavy atom. The standard InChI is InChI=1S/C22H20N2O/c1-16-7-11-19(12-8-16)25-20-13-9-18(10-14-20)15-24-17(2)23-21-5-3-4-6-22(21)24/h3-14H,15H2,1-2H3.